The molecular weight excluding hydrogens is 242 g/mol. The molecule has 88 valence electrons. The van der Waals surface area contributed by atoms with E-state index >= 15 is 0 Å². The van der Waals surface area contributed by atoms with E-state index in [1.807, 2.05) is 17.0 Å². The number of thiophene rings is 1. The van der Waals surface area contributed by atoms with E-state index in [-0.39, 0.29) is 5.91 Å². The third-order valence-electron chi connectivity index (χ3n) is 2.96. The standard InChI is InChI=1S/C12H16ClNOS/c1-9-3-2-6-14(8-9)12(15)7-10-4-5-11(13)16-10/h4-5,9H,2-3,6-8H2,1H3. The number of rotatable bonds is 2. The van der Waals surface area contributed by atoms with Crippen molar-refractivity contribution in [3.8, 4) is 0 Å². The second kappa shape index (κ2) is 5.19. The largest absolute Gasteiger partial charge is 0.342 e. The maximum absolute atomic E-state index is 12.0. The Balaban J connectivity index is 1.92. The number of likely N-dealkylation sites (tertiary alicyclic amines) is 1. The molecule has 0 saturated carbocycles. The van der Waals surface area contributed by atoms with Crippen molar-refractivity contribution in [2.45, 2.75) is 26.2 Å². The summed E-state index contributed by atoms with van der Waals surface area (Å²) in [6.45, 7) is 4.04. The number of nitrogens with zero attached hydrogens (tertiary/aromatic N) is 1. The van der Waals surface area contributed by atoms with Gasteiger partial charge in [0.05, 0.1) is 10.8 Å². The molecule has 1 aliphatic rings. The van der Waals surface area contributed by atoms with Crippen molar-refractivity contribution >= 4 is 28.8 Å². The molecule has 0 N–H and O–H groups in total. The van der Waals surface area contributed by atoms with Gasteiger partial charge in [-0.3, -0.25) is 4.79 Å². The lowest BCUT2D eigenvalue weighted by Crippen LogP contribution is -2.39. The van der Waals surface area contributed by atoms with Crippen LogP contribution in [0.1, 0.15) is 24.6 Å². The third-order valence-corrected chi connectivity index (χ3v) is 4.20. The number of amides is 1. The van der Waals surface area contributed by atoms with Crippen LogP contribution in [0, 0.1) is 5.92 Å². The topological polar surface area (TPSA) is 20.3 Å². The van der Waals surface area contributed by atoms with E-state index in [9.17, 15) is 4.79 Å². The smallest absolute Gasteiger partial charge is 0.227 e. The van der Waals surface area contributed by atoms with Gasteiger partial charge in [0.15, 0.2) is 0 Å². The zero-order chi connectivity index (χ0) is 11.5. The van der Waals surface area contributed by atoms with Crippen molar-refractivity contribution in [2.24, 2.45) is 5.92 Å². The summed E-state index contributed by atoms with van der Waals surface area (Å²) in [6, 6.07) is 3.80. The fraction of sp³-hybridized carbons (Fsp3) is 0.583. The number of hydrogen-bond donors (Lipinski definition) is 0. The van der Waals surface area contributed by atoms with Gasteiger partial charge in [0, 0.05) is 18.0 Å². The molecule has 1 fully saturated rings. The Morgan fingerprint density at radius 3 is 3.06 bits per heavy atom. The van der Waals surface area contributed by atoms with Crippen LogP contribution >= 0.6 is 22.9 Å². The summed E-state index contributed by atoms with van der Waals surface area (Å²) in [5, 5.41) is 0. The molecule has 0 spiro atoms. The lowest BCUT2D eigenvalue weighted by Gasteiger charge is -2.30. The number of carbonyl (C=O) groups is 1. The predicted molar refractivity (Wildman–Crippen MR) is 68.0 cm³/mol. The molecule has 1 aromatic heterocycles. The summed E-state index contributed by atoms with van der Waals surface area (Å²) in [5.74, 6) is 0.884. The number of halogens is 1. The van der Waals surface area contributed by atoms with Crippen molar-refractivity contribution in [2.75, 3.05) is 13.1 Å². The second-order valence-electron chi connectivity index (χ2n) is 4.47. The van der Waals surface area contributed by atoms with Crippen LogP contribution in [0.25, 0.3) is 0 Å². The molecule has 1 aliphatic heterocycles. The Kier molecular flexibility index (Phi) is 3.87. The van der Waals surface area contributed by atoms with Gasteiger partial charge in [-0.05, 0) is 30.9 Å². The Labute approximate surface area is 105 Å². The van der Waals surface area contributed by atoms with Gasteiger partial charge >= 0.3 is 0 Å². The Morgan fingerprint density at radius 1 is 1.62 bits per heavy atom. The first-order chi connectivity index (χ1) is 7.65. The minimum absolute atomic E-state index is 0.241. The van der Waals surface area contributed by atoms with Crippen LogP contribution < -0.4 is 0 Å². The van der Waals surface area contributed by atoms with Crippen molar-refractivity contribution in [1.82, 2.24) is 4.90 Å². The van der Waals surface area contributed by atoms with E-state index in [4.69, 9.17) is 11.6 Å². The van der Waals surface area contributed by atoms with Gasteiger partial charge in [0.1, 0.15) is 0 Å². The number of piperidine rings is 1. The summed E-state index contributed by atoms with van der Waals surface area (Å²) in [4.78, 5) is 15.1. The quantitative estimate of drug-likeness (QED) is 0.797. The van der Waals surface area contributed by atoms with E-state index in [0.717, 1.165) is 28.7 Å². The first-order valence-electron chi connectivity index (χ1n) is 5.67. The summed E-state index contributed by atoms with van der Waals surface area (Å²) in [7, 11) is 0. The summed E-state index contributed by atoms with van der Waals surface area (Å²) < 4.78 is 0.759. The van der Waals surface area contributed by atoms with Gasteiger partial charge in [-0.1, -0.05) is 18.5 Å². The lowest BCUT2D eigenvalue weighted by molar-refractivity contribution is -0.132. The van der Waals surface area contributed by atoms with Crippen LogP contribution in [0.3, 0.4) is 0 Å². The van der Waals surface area contributed by atoms with Crippen molar-refractivity contribution < 1.29 is 4.79 Å². The maximum atomic E-state index is 12.0. The average Bonchev–Trinajstić information content (AvgIpc) is 2.64. The van der Waals surface area contributed by atoms with E-state index in [1.165, 1.54) is 17.8 Å². The summed E-state index contributed by atoms with van der Waals surface area (Å²) in [6.07, 6.45) is 2.89. The molecule has 1 unspecified atom stereocenters. The van der Waals surface area contributed by atoms with Gasteiger partial charge in [0.25, 0.3) is 0 Å². The van der Waals surface area contributed by atoms with Gasteiger partial charge in [-0.2, -0.15) is 0 Å². The van der Waals surface area contributed by atoms with Crippen LogP contribution in [-0.4, -0.2) is 23.9 Å². The van der Waals surface area contributed by atoms with Gasteiger partial charge in [-0.25, -0.2) is 0 Å². The molecule has 1 saturated heterocycles. The van der Waals surface area contributed by atoms with Crippen LogP contribution in [0.5, 0.6) is 0 Å². The number of carbonyl (C=O) groups excluding carboxylic acids is 1. The second-order valence-corrected chi connectivity index (χ2v) is 6.27. The SMILES string of the molecule is CC1CCCN(C(=O)Cc2ccc(Cl)s2)C1. The molecule has 1 amide bonds. The van der Waals surface area contributed by atoms with Crippen LogP contribution in [-0.2, 0) is 11.2 Å². The molecule has 1 aromatic rings. The van der Waals surface area contributed by atoms with E-state index in [2.05, 4.69) is 6.92 Å². The zero-order valence-electron chi connectivity index (χ0n) is 9.41. The fourth-order valence-electron chi connectivity index (χ4n) is 2.12. The van der Waals surface area contributed by atoms with Gasteiger partial charge in [0.2, 0.25) is 5.91 Å². The van der Waals surface area contributed by atoms with Crippen LogP contribution in [0.4, 0.5) is 0 Å². The lowest BCUT2D eigenvalue weighted by atomic mass is 10.00. The Hall–Kier alpha value is -0.540. The van der Waals surface area contributed by atoms with E-state index in [0.29, 0.717) is 12.3 Å². The highest BCUT2D eigenvalue weighted by Crippen LogP contribution is 2.23. The predicted octanol–water partition coefficient (Wildman–Crippen LogP) is 3.20. The third kappa shape index (κ3) is 2.98. The molecule has 0 bridgehead atoms. The molecule has 2 rings (SSSR count). The molecule has 2 heterocycles. The summed E-state index contributed by atoms with van der Waals surface area (Å²) in [5.41, 5.74) is 0. The van der Waals surface area contributed by atoms with E-state index < -0.39 is 0 Å². The first-order valence-corrected chi connectivity index (χ1v) is 6.86. The maximum Gasteiger partial charge on any atom is 0.227 e. The molecular formula is C12H16ClNOS. The Bertz CT molecular complexity index is 377. The molecule has 16 heavy (non-hydrogen) atoms. The Morgan fingerprint density at radius 2 is 2.44 bits per heavy atom. The monoisotopic (exact) mass is 257 g/mol. The highest BCUT2D eigenvalue weighted by atomic mass is 35.5. The molecule has 2 nitrogen and oxygen atoms in total. The fourth-order valence-corrected chi connectivity index (χ4v) is 3.20. The molecule has 1 atom stereocenters. The van der Waals surface area contributed by atoms with Crippen LogP contribution in [0.15, 0.2) is 12.1 Å². The van der Waals surface area contributed by atoms with E-state index in [1.54, 1.807) is 0 Å². The molecule has 0 aromatic carbocycles. The highest BCUT2D eigenvalue weighted by Gasteiger charge is 2.21. The van der Waals surface area contributed by atoms with Crippen LogP contribution in [0.2, 0.25) is 4.34 Å². The van der Waals surface area contributed by atoms with Crippen molar-refractivity contribution in [3.05, 3.63) is 21.3 Å². The number of hydrogen-bond acceptors (Lipinski definition) is 2. The van der Waals surface area contributed by atoms with Crippen molar-refractivity contribution in [1.29, 1.82) is 0 Å². The molecule has 0 radical (unpaired) electrons. The summed E-state index contributed by atoms with van der Waals surface area (Å²) >= 11 is 7.35. The first kappa shape index (κ1) is 11.9. The molecule has 0 aliphatic carbocycles. The van der Waals surface area contributed by atoms with Gasteiger partial charge < -0.3 is 4.90 Å². The van der Waals surface area contributed by atoms with Gasteiger partial charge in [-0.15, -0.1) is 11.3 Å². The normalized spacial score (nSPS) is 21.1. The average molecular weight is 258 g/mol. The minimum atomic E-state index is 0.241. The highest BCUT2D eigenvalue weighted by molar-refractivity contribution is 7.16. The minimum Gasteiger partial charge on any atom is -0.342 e. The zero-order valence-corrected chi connectivity index (χ0v) is 11.0. The van der Waals surface area contributed by atoms with Crippen molar-refractivity contribution in [3.63, 3.8) is 0 Å². The molecule has 4 heteroatoms.